The summed E-state index contributed by atoms with van der Waals surface area (Å²) < 4.78 is 3.35. The van der Waals surface area contributed by atoms with Gasteiger partial charge >= 0.3 is 257 Å². The first-order valence-electron chi connectivity index (χ1n) is 15.1. The summed E-state index contributed by atoms with van der Waals surface area (Å²) in [6.07, 6.45) is 3.78. The molecule has 0 radical (unpaired) electrons. The normalized spacial score (nSPS) is 14.4. The van der Waals surface area contributed by atoms with Gasteiger partial charge < -0.3 is 0 Å². The van der Waals surface area contributed by atoms with Gasteiger partial charge in [-0.25, -0.2) is 0 Å². The average Bonchev–Trinajstić information content (AvgIpc) is 3.19. The molecule has 0 saturated carbocycles. The maximum absolute atomic E-state index is 2.65. The molecule has 0 heterocycles. The van der Waals surface area contributed by atoms with Crippen molar-refractivity contribution in [2.75, 3.05) is 0 Å². The molecule has 0 bridgehead atoms. The molecule has 0 fully saturated rings. The van der Waals surface area contributed by atoms with Gasteiger partial charge in [-0.2, -0.15) is 0 Å². The van der Waals surface area contributed by atoms with Gasteiger partial charge in [0.25, 0.3) is 0 Å². The van der Waals surface area contributed by atoms with Crippen LogP contribution >= 0.6 is 0 Å². The monoisotopic (exact) mass is 582 g/mol. The molecule has 0 unspecified atom stereocenters. The molecular formula is C38H50SiTi. The van der Waals surface area contributed by atoms with E-state index in [1.807, 2.05) is 0 Å². The van der Waals surface area contributed by atoms with Crippen molar-refractivity contribution < 1.29 is 19.2 Å². The van der Waals surface area contributed by atoms with Crippen molar-refractivity contribution in [3.05, 3.63) is 109 Å². The van der Waals surface area contributed by atoms with Crippen LogP contribution in [0.2, 0.25) is 0 Å². The van der Waals surface area contributed by atoms with Crippen LogP contribution in [-0.2, 0) is 30.0 Å². The molecule has 0 atom stereocenters. The third kappa shape index (κ3) is 7.10. The standard InChI is InChI=1S/C24H29Si.C14H21.Ti/c1-16(2)23-8-7-9-24(23)25(21-12-17(3)10-18(4)13-21)22-14-19(5)11-20(6)15-22;1-13(2,3)11-8-7-9-12(10-11)14(4,5)6;/h9-16,25H,7H2,1-6H3;8-10H,1-6H3;. The van der Waals surface area contributed by atoms with Crippen LogP contribution in [0.25, 0.3) is 0 Å². The first-order valence-corrected chi connectivity index (χ1v) is 18.3. The quantitative estimate of drug-likeness (QED) is 0.258. The van der Waals surface area contributed by atoms with Crippen molar-refractivity contribution in [1.29, 1.82) is 0 Å². The molecule has 3 aromatic carbocycles. The molecule has 1 aliphatic carbocycles. The van der Waals surface area contributed by atoms with Crippen LogP contribution in [0.4, 0.5) is 0 Å². The molecule has 2 heteroatoms. The van der Waals surface area contributed by atoms with Gasteiger partial charge in [0.1, 0.15) is 0 Å². The first-order chi connectivity index (χ1) is 18.5. The topological polar surface area (TPSA) is 0 Å². The van der Waals surface area contributed by atoms with Crippen LogP contribution in [0.5, 0.6) is 0 Å². The number of aryl methyl sites for hydroxylation is 4. The Morgan fingerprint density at radius 1 is 0.625 bits per heavy atom. The number of hydrogen-bond donors (Lipinski definition) is 0. The number of rotatable bonds is 6. The molecule has 0 N–H and O–H groups in total. The molecule has 0 spiro atoms. The Hall–Kier alpha value is -1.93. The Morgan fingerprint density at radius 3 is 1.43 bits per heavy atom. The van der Waals surface area contributed by atoms with Crippen molar-refractivity contribution in [2.24, 2.45) is 5.92 Å². The third-order valence-corrected chi connectivity index (χ3v) is 13.4. The first kappa shape index (κ1) is 31.0. The molecule has 40 heavy (non-hydrogen) atoms. The van der Waals surface area contributed by atoms with E-state index in [4.69, 9.17) is 0 Å². The summed E-state index contributed by atoms with van der Waals surface area (Å²) in [5, 5.41) is 4.82. The Labute approximate surface area is 255 Å². The van der Waals surface area contributed by atoms with Crippen molar-refractivity contribution in [3.8, 4) is 0 Å². The molecule has 0 saturated heterocycles. The summed E-state index contributed by atoms with van der Waals surface area (Å²) in [7, 11) is -1.63. The van der Waals surface area contributed by atoms with Crippen LogP contribution in [0.3, 0.4) is 0 Å². The minimum atomic E-state index is -1.63. The summed E-state index contributed by atoms with van der Waals surface area (Å²) in [5.74, 6) is 0.534. The van der Waals surface area contributed by atoms with Gasteiger partial charge in [0.15, 0.2) is 0 Å². The zero-order chi connectivity index (χ0) is 29.6. The van der Waals surface area contributed by atoms with E-state index in [2.05, 4.69) is 144 Å². The molecular weight excluding hydrogens is 532 g/mol. The van der Waals surface area contributed by atoms with Crippen molar-refractivity contribution in [3.63, 3.8) is 0 Å². The fourth-order valence-electron chi connectivity index (χ4n) is 6.32. The predicted molar refractivity (Wildman–Crippen MR) is 176 cm³/mol. The van der Waals surface area contributed by atoms with Crippen LogP contribution < -0.4 is 14.2 Å². The van der Waals surface area contributed by atoms with Crippen molar-refractivity contribution in [1.82, 2.24) is 0 Å². The molecule has 210 valence electrons. The molecule has 3 aromatic rings. The third-order valence-electron chi connectivity index (χ3n) is 8.17. The number of hydrogen-bond acceptors (Lipinski definition) is 0. The summed E-state index contributed by atoms with van der Waals surface area (Å²) >= 11 is -0.426. The summed E-state index contributed by atoms with van der Waals surface area (Å²) in [6, 6.07) is 22.1. The van der Waals surface area contributed by atoms with Gasteiger partial charge in [-0.05, 0) is 0 Å². The summed E-state index contributed by atoms with van der Waals surface area (Å²) in [5.41, 5.74) is 10.5. The van der Waals surface area contributed by atoms with E-state index in [-0.39, 0.29) is 10.8 Å². The second-order valence-corrected chi connectivity index (χ2v) is 19.7. The average molecular weight is 583 g/mol. The van der Waals surface area contributed by atoms with E-state index in [9.17, 15) is 0 Å². The summed E-state index contributed by atoms with van der Waals surface area (Å²) in [4.78, 5) is 0. The van der Waals surface area contributed by atoms with Crippen molar-refractivity contribution >= 4 is 23.0 Å². The van der Waals surface area contributed by atoms with Gasteiger partial charge in [0, 0.05) is 0 Å². The minimum absolute atomic E-state index is 0.153. The SMILES string of the molecule is Cc1cc(C)cc([SiH](C2=CC[C]([Ti][c]3cc(C(C)(C)C)cc(C(C)(C)C)c3)=C2C(C)C)c2cc(C)cc(C)c2)c1. The molecule has 0 aliphatic heterocycles. The van der Waals surface area contributed by atoms with E-state index >= 15 is 0 Å². The molecule has 1 aliphatic rings. The molecule has 0 amide bonds. The van der Waals surface area contributed by atoms with E-state index in [0.717, 1.165) is 6.42 Å². The summed E-state index contributed by atoms with van der Waals surface area (Å²) in [6.45, 7) is 28.1. The Morgan fingerprint density at radius 2 is 1.05 bits per heavy atom. The second kappa shape index (κ2) is 11.7. The number of allylic oxidation sites excluding steroid dienone is 4. The van der Waals surface area contributed by atoms with Gasteiger partial charge in [-0.3, -0.25) is 0 Å². The van der Waals surface area contributed by atoms with Gasteiger partial charge in [-0.1, -0.05) is 0 Å². The molecule has 4 rings (SSSR count). The van der Waals surface area contributed by atoms with E-state index < -0.39 is 27.9 Å². The van der Waals surface area contributed by atoms with Gasteiger partial charge in [-0.15, -0.1) is 0 Å². The maximum atomic E-state index is 2.65. The van der Waals surface area contributed by atoms with Crippen LogP contribution in [0.1, 0.15) is 95.2 Å². The molecule has 0 aromatic heterocycles. The fraction of sp³-hybridized carbons (Fsp3) is 0.421. The van der Waals surface area contributed by atoms with E-state index in [0.29, 0.717) is 5.92 Å². The van der Waals surface area contributed by atoms with Crippen molar-refractivity contribution in [2.45, 2.75) is 100 Å². The second-order valence-electron chi connectivity index (χ2n) is 14.6. The van der Waals surface area contributed by atoms with Crippen LogP contribution in [-0.4, -0.2) is 8.80 Å². The Bertz CT molecular complexity index is 1350. The van der Waals surface area contributed by atoms with E-state index in [1.54, 1.807) is 28.9 Å². The van der Waals surface area contributed by atoms with Crippen LogP contribution in [0, 0.1) is 33.6 Å². The Balaban J connectivity index is 1.87. The van der Waals surface area contributed by atoms with Gasteiger partial charge in [0.2, 0.25) is 0 Å². The van der Waals surface area contributed by atoms with Crippen LogP contribution in [0.15, 0.2) is 75.3 Å². The number of benzene rings is 3. The Kier molecular flexibility index (Phi) is 9.11. The zero-order valence-corrected chi connectivity index (χ0v) is 29.9. The zero-order valence-electron chi connectivity index (χ0n) is 27.1. The molecule has 0 nitrogen and oxygen atoms in total. The fourth-order valence-corrected chi connectivity index (χ4v) is 13.0. The predicted octanol–water partition coefficient (Wildman–Crippen LogP) is 8.04. The van der Waals surface area contributed by atoms with Gasteiger partial charge in [0.05, 0.1) is 0 Å². The van der Waals surface area contributed by atoms with E-state index in [1.165, 1.54) is 33.4 Å².